The van der Waals surface area contributed by atoms with E-state index in [1.807, 2.05) is 30.3 Å². The molecule has 0 amide bonds. The van der Waals surface area contributed by atoms with Crippen molar-refractivity contribution in [2.75, 3.05) is 57.6 Å². The molecular weight excluding hydrogens is 462 g/mol. The van der Waals surface area contributed by atoms with Crippen LogP contribution < -0.4 is 26.1 Å². The molecule has 1 aliphatic rings. The van der Waals surface area contributed by atoms with Crippen molar-refractivity contribution in [1.82, 2.24) is 24.8 Å². The van der Waals surface area contributed by atoms with Gasteiger partial charge in [-0.3, -0.25) is 9.69 Å². The van der Waals surface area contributed by atoms with Crippen molar-refractivity contribution in [1.29, 1.82) is 0 Å². The second-order valence-electron chi connectivity index (χ2n) is 8.23. The van der Waals surface area contributed by atoms with Crippen molar-refractivity contribution in [3.63, 3.8) is 0 Å². The number of H-pyrrole nitrogens is 1. The molecular formula is C25H27N7O4. The lowest BCUT2D eigenvalue weighted by molar-refractivity contribution is 0.0322. The van der Waals surface area contributed by atoms with E-state index in [9.17, 15) is 4.79 Å². The molecule has 0 spiro atoms. The van der Waals surface area contributed by atoms with Crippen LogP contribution in [0.3, 0.4) is 0 Å². The number of benzene rings is 1. The van der Waals surface area contributed by atoms with Gasteiger partial charge in [-0.05, 0) is 29.7 Å². The molecule has 186 valence electrons. The Morgan fingerprint density at radius 1 is 1.19 bits per heavy atom. The second kappa shape index (κ2) is 10.6. The highest BCUT2D eigenvalue weighted by Gasteiger charge is 2.16. The van der Waals surface area contributed by atoms with E-state index < -0.39 is 0 Å². The molecule has 0 unspecified atom stereocenters. The minimum Gasteiger partial charge on any atom is -0.492 e. The van der Waals surface area contributed by atoms with Crippen molar-refractivity contribution in [2.45, 2.75) is 0 Å². The molecule has 0 bridgehead atoms. The lowest BCUT2D eigenvalue weighted by atomic mass is 10.1. The first-order valence-electron chi connectivity index (χ1n) is 11.6. The molecule has 0 radical (unpaired) electrons. The first-order valence-corrected chi connectivity index (χ1v) is 11.6. The maximum Gasteiger partial charge on any atom is 0.259 e. The number of anilines is 3. The van der Waals surface area contributed by atoms with Crippen LogP contribution in [0.5, 0.6) is 11.6 Å². The van der Waals surface area contributed by atoms with Gasteiger partial charge < -0.3 is 30.2 Å². The van der Waals surface area contributed by atoms with E-state index in [1.165, 1.54) is 7.11 Å². The zero-order valence-corrected chi connectivity index (χ0v) is 19.9. The largest absolute Gasteiger partial charge is 0.492 e. The molecule has 0 atom stereocenters. The van der Waals surface area contributed by atoms with E-state index >= 15 is 0 Å². The van der Waals surface area contributed by atoms with E-state index in [1.54, 1.807) is 18.5 Å². The van der Waals surface area contributed by atoms with Crippen LogP contribution in [0, 0.1) is 0 Å². The van der Waals surface area contributed by atoms with Gasteiger partial charge in [0.15, 0.2) is 0 Å². The van der Waals surface area contributed by atoms with Gasteiger partial charge in [0.25, 0.3) is 5.56 Å². The number of nitrogen functional groups attached to an aromatic ring is 1. The number of hydrogen-bond donors (Lipinski definition) is 3. The van der Waals surface area contributed by atoms with Gasteiger partial charge in [0, 0.05) is 43.8 Å². The highest BCUT2D eigenvalue weighted by Crippen LogP contribution is 2.32. The molecule has 4 aromatic rings. The zero-order valence-electron chi connectivity index (χ0n) is 19.9. The summed E-state index contributed by atoms with van der Waals surface area (Å²) in [6, 6.07) is 11.2. The van der Waals surface area contributed by atoms with Gasteiger partial charge in [-0.15, -0.1) is 0 Å². The van der Waals surface area contributed by atoms with Crippen molar-refractivity contribution in [2.24, 2.45) is 0 Å². The first-order chi connectivity index (χ1) is 17.6. The Labute approximate surface area is 207 Å². The molecule has 5 rings (SSSR count). The molecule has 4 heterocycles. The monoisotopic (exact) mass is 489 g/mol. The maximum atomic E-state index is 12.7. The molecule has 0 saturated carbocycles. The topological polar surface area (TPSA) is 141 Å². The zero-order chi connectivity index (χ0) is 24.9. The third kappa shape index (κ3) is 5.21. The summed E-state index contributed by atoms with van der Waals surface area (Å²) in [6.07, 6.45) is 3.15. The molecule has 11 nitrogen and oxygen atoms in total. The average molecular weight is 490 g/mol. The first kappa shape index (κ1) is 23.5. The van der Waals surface area contributed by atoms with Gasteiger partial charge in [0.05, 0.1) is 37.0 Å². The highest BCUT2D eigenvalue weighted by molar-refractivity contribution is 5.95. The fourth-order valence-corrected chi connectivity index (χ4v) is 4.07. The molecule has 36 heavy (non-hydrogen) atoms. The minimum absolute atomic E-state index is 0.0941. The number of fused-ring (bicyclic) bond motifs is 1. The maximum absolute atomic E-state index is 12.7. The van der Waals surface area contributed by atoms with Gasteiger partial charge in [0.2, 0.25) is 11.8 Å². The molecule has 1 aromatic carbocycles. The number of nitrogens with two attached hydrogens (primary N) is 1. The summed E-state index contributed by atoms with van der Waals surface area (Å²) in [5.74, 6) is 1.49. The Morgan fingerprint density at radius 3 is 2.89 bits per heavy atom. The number of hydrogen-bond acceptors (Lipinski definition) is 10. The Kier molecular flexibility index (Phi) is 6.92. The van der Waals surface area contributed by atoms with Crippen molar-refractivity contribution < 1.29 is 14.2 Å². The Bertz CT molecular complexity index is 1420. The lowest BCUT2D eigenvalue weighted by Crippen LogP contribution is -2.38. The third-order valence-electron chi connectivity index (χ3n) is 5.87. The van der Waals surface area contributed by atoms with E-state index in [0.717, 1.165) is 44.3 Å². The second-order valence-corrected chi connectivity index (χ2v) is 8.23. The molecule has 0 aliphatic carbocycles. The summed E-state index contributed by atoms with van der Waals surface area (Å²) in [6.45, 7) is 4.74. The van der Waals surface area contributed by atoms with Crippen LogP contribution in [0.4, 0.5) is 17.5 Å². The van der Waals surface area contributed by atoms with E-state index in [0.29, 0.717) is 40.3 Å². The van der Waals surface area contributed by atoms with E-state index in [4.69, 9.17) is 24.9 Å². The number of aromatic amines is 1. The van der Waals surface area contributed by atoms with Crippen LogP contribution in [0.1, 0.15) is 0 Å². The van der Waals surface area contributed by atoms with Crippen molar-refractivity contribution >= 4 is 28.2 Å². The van der Waals surface area contributed by atoms with E-state index in [-0.39, 0.29) is 11.5 Å². The smallest absolute Gasteiger partial charge is 0.259 e. The number of aromatic nitrogens is 4. The summed E-state index contributed by atoms with van der Waals surface area (Å²) in [5.41, 5.74) is 7.27. The number of pyridine rings is 2. The fraction of sp³-hybridized carbons (Fsp3) is 0.280. The predicted molar refractivity (Wildman–Crippen MR) is 137 cm³/mol. The summed E-state index contributed by atoms with van der Waals surface area (Å²) >= 11 is 0. The van der Waals surface area contributed by atoms with Crippen LogP contribution in [0.2, 0.25) is 0 Å². The summed E-state index contributed by atoms with van der Waals surface area (Å²) in [5, 5.41) is 4.41. The summed E-state index contributed by atoms with van der Waals surface area (Å²) in [4.78, 5) is 30.7. The fourth-order valence-electron chi connectivity index (χ4n) is 4.07. The Morgan fingerprint density at radius 2 is 2.06 bits per heavy atom. The SMILES string of the molecule is COc1nc(N)ncc1-c1cc2cc[nH]c(=O)c2c(Nc2cccc(OCCN3CCOCC3)c2)n1. The quantitative estimate of drug-likeness (QED) is 0.338. The number of morpholine rings is 1. The number of nitrogens with zero attached hydrogens (tertiary/aromatic N) is 4. The Hall–Kier alpha value is -4.22. The summed E-state index contributed by atoms with van der Waals surface area (Å²) < 4.78 is 16.8. The molecule has 1 fully saturated rings. The standard InChI is InChI=1S/C25H27N7O4/c1-34-24-19(15-28-25(26)31-24)20-13-16-5-6-27-23(33)21(16)22(30-20)29-17-3-2-4-18(14-17)36-12-9-32-7-10-35-11-8-32/h2-6,13-15H,7-12H2,1H3,(H,27,33)(H,29,30)(H2,26,28,31). The van der Waals surface area contributed by atoms with Crippen molar-refractivity contribution in [3.05, 3.63) is 59.1 Å². The van der Waals surface area contributed by atoms with Crippen LogP contribution >= 0.6 is 0 Å². The van der Waals surface area contributed by atoms with Crippen LogP contribution in [0.25, 0.3) is 22.0 Å². The highest BCUT2D eigenvalue weighted by atomic mass is 16.5. The van der Waals surface area contributed by atoms with Crippen LogP contribution in [0.15, 0.2) is 53.6 Å². The minimum atomic E-state index is -0.257. The van der Waals surface area contributed by atoms with Crippen molar-refractivity contribution in [3.8, 4) is 22.9 Å². The molecule has 1 saturated heterocycles. The van der Waals surface area contributed by atoms with Gasteiger partial charge >= 0.3 is 0 Å². The van der Waals surface area contributed by atoms with Gasteiger partial charge in [-0.2, -0.15) is 4.98 Å². The predicted octanol–water partition coefficient (Wildman–Crippen LogP) is 2.43. The van der Waals surface area contributed by atoms with E-state index in [2.05, 4.69) is 25.2 Å². The Balaban J connectivity index is 1.43. The number of rotatable bonds is 8. The normalized spacial score (nSPS) is 14.0. The number of methoxy groups -OCH3 is 1. The van der Waals surface area contributed by atoms with Gasteiger partial charge in [-0.1, -0.05) is 6.07 Å². The van der Waals surface area contributed by atoms with Crippen LogP contribution in [-0.2, 0) is 4.74 Å². The average Bonchev–Trinajstić information content (AvgIpc) is 2.89. The lowest BCUT2D eigenvalue weighted by Gasteiger charge is -2.26. The van der Waals surface area contributed by atoms with Gasteiger partial charge in [0.1, 0.15) is 18.2 Å². The molecule has 3 aromatic heterocycles. The third-order valence-corrected chi connectivity index (χ3v) is 5.87. The molecule has 11 heteroatoms. The molecule has 4 N–H and O–H groups in total. The van der Waals surface area contributed by atoms with Gasteiger partial charge in [-0.25, -0.2) is 9.97 Å². The number of ether oxygens (including phenoxy) is 3. The van der Waals surface area contributed by atoms with Crippen LogP contribution in [-0.4, -0.2) is 71.4 Å². The number of nitrogens with one attached hydrogen (secondary N) is 2. The summed E-state index contributed by atoms with van der Waals surface area (Å²) in [7, 11) is 1.50. The molecule has 1 aliphatic heterocycles.